The number of methoxy groups -OCH3 is 1. The molecule has 2 N–H and O–H groups in total. The summed E-state index contributed by atoms with van der Waals surface area (Å²) in [7, 11) is 1.68. The van der Waals surface area contributed by atoms with Crippen LogP contribution in [0.1, 0.15) is 24.0 Å². The van der Waals surface area contributed by atoms with E-state index in [0.29, 0.717) is 12.6 Å². The Morgan fingerprint density at radius 2 is 2.35 bits per heavy atom. The van der Waals surface area contributed by atoms with Gasteiger partial charge in [-0.2, -0.15) is 0 Å². The molecule has 0 amide bonds. The largest absolute Gasteiger partial charge is 0.497 e. The number of hydrogen-bond acceptors (Lipinski definition) is 4. The van der Waals surface area contributed by atoms with Crippen molar-refractivity contribution >= 4 is 6.02 Å². The van der Waals surface area contributed by atoms with Crippen LogP contribution in [0, 0.1) is 0 Å². The molecule has 1 atom stereocenters. The fourth-order valence-electron chi connectivity index (χ4n) is 2.77. The Hall–Kier alpha value is -1.71. The van der Waals surface area contributed by atoms with E-state index in [0.717, 1.165) is 25.0 Å². The molecule has 1 aromatic carbocycles. The maximum atomic E-state index is 5.66. The van der Waals surface area contributed by atoms with Gasteiger partial charge in [-0.25, -0.2) is 4.99 Å². The molecule has 4 heteroatoms. The highest BCUT2D eigenvalue weighted by molar-refractivity contribution is 5.74. The van der Waals surface area contributed by atoms with E-state index in [2.05, 4.69) is 17.1 Å². The van der Waals surface area contributed by atoms with Crippen LogP contribution >= 0.6 is 0 Å². The second-order valence-corrected chi connectivity index (χ2v) is 4.65. The number of ether oxygens (including phenoxy) is 2. The molecule has 4 nitrogen and oxygen atoms in total. The average molecular weight is 232 g/mol. The minimum Gasteiger partial charge on any atom is -0.497 e. The summed E-state index contributed by atoms with van der Waals surface area (Å²) in [6.45, 7) is 0.555. The Morgan fingerprint density at radius 3 is 3.06 bits per heavy atom. The summed E-state index contributed by atoms with van der Waals surface area (Å²) in [5, 5.41) is 0. The normalized spacial score (nSPS) is 26.3. The Labute approximate surface area is 100 Å². The van der Waals surface area contributed by atoms with E-state index in [9.17, 15) is 0 Å². The van der Waals surface area contributed by atoms with Crippen LogP contribution in [0.4, 0.5) is 0 Å². The molecule has 1 heterocycles. The molecule has 3 rings (SSSR count). The van der Waals surface area contributed by atoms with Crippen LogP contribution in [-0.4, -0.2) is 19.7 Å². The third-order valence-corrected chi connectivity index (χ3v) is 3.64. The first kappa shape index (κ1) is 10.4. The van der Waals surface area contributed by atoms with Gasteiger partial charge in [-0.3, -0.25) is 0 Å². The lowest BCUT2D eigenvalue weighted by atomic mass is 9.77. The summed E-state index contributed by atoms with van der Waals surface area (Å²) in [5.74, 6) is 0.866. The lowest BCUT2D eigenvalue weighted by molar-refractivity contribution is 0.233. The number of nitrogens with zero attached hydrogens (tertiary/aromatic N) is 1. The van der Waals surface area contributed by atoms with Crippen molar-refractivity contribution in [1.82, 2.24) is 0 Å². The van der Waals surface area contributed by atoms with Gasteiger partial charge in [0.05, 0.1) is 7.11 Å². The van der Waals surface area contributed by atoms with Gasteiger partial charge in [-0.1, -0.05) is 6.07 Å². The van der Waals surface area contributed by atoms with Gasteiger partial charge >= 0.3 is 0 Å². The second-order valence-electron chi connectivity index (χ2n) is 4.65. The molecule has 1 spiro atoms. The summed E-state index contributed by atoms with van der Waals surface area (Å²) in [6.07, 6.45) is 3.21. The van der Waals surface area contributed by atoms with Crippen LogP contribution in [0.3, 0.4) is 0 Å². The number of nitrogens with two attached hydrogens (primary N) is 1. The Bertz CT molecular complexity index is 484. The first-order chi connectivity index (χ1) is 8.23. The monoisotopic (exact) mass is 232 g/mol. The van der Waals surface area contributed by atoms with Crippen molar-refractivity contribution in [3.05, 3.63) is 29.3 Å². The first-order valence-electron chi connectivity index (χ1n) is 5.89. The molecular weight excluding hydrogens is 216 g/mol. The van der Waals surface area contributed by atoms with E-state index >= 15 is 0 Å². The third kappa shape index (κ3) is 1.55. The van der Waals surface area contributed by atoms with Crippen LogP contribution in [-0.2, 0) is 16.7 Å². The van der Waals surface area contributed by atoms with E-state index in [-0.39, 0.29) is 5.54 Å². The number of amidine groups is 1. The van der Waals surface area contributed by atoms with Crippen molar-refractivity contribution < 1.29 is 9.47 Å². The molecule has 2 aliphatic rings. The van der Waals surface area contributed by atoms with Gasteiger partial charge < -0.3 is 15.2 Å². The second kappa shape index (κ2) is 3.65. The van der Waals surface area contributed by atoms with Crippen molar-refractivity contribution in [3.63, 3.8) is 0 Å². The van der Waals surface area contributed by atoms with Gasteiger partial charge in [0.2, 0.25) is 0 Å². The topological polar surface area (TPSA) is 56.8 Å². The van der Waals surface area contributed by atoms with Crippen LogP contribution in [0.15, 0.2) is 23.2 Å². The summed E-state index contributed by atoms with van der Waals surface area (Å²) in [5.41, 5.74) is 7.94. The van der Waals surface area contributed by atoms with Crippen LogP contribution in [0.5, 0.6) is 5.75 Å². The molecule has 1 aliphatic carbocycles. The van der Waals surface area contributed by atoms with Gasteiger partial charge in [0.25, 0.3) is 6.02 Å². The van der Waals surface area contributed by atoms with E-state index in [1.807, 2.05) is 6.07 Å². The Morgan fingerprint density at radius 1 is 1.47 bits per heavy atom. The highest BCUT2D eigenvalue weighted by atomic mass is 16.5. The van der Waals surface area contributed by atoms with Crippen molar-refractivity contribution in [1.29, 1.82) is 0 Å². The molecule has 90 valence electrons. The number of hydrogen-bond donors (Lipinski definition) is 1. The number of fused-ring (bicyclic) bond motifs is 2. The van der Waals surface area contributed by atoms with Crippen molar-refractivity contribution in [2.24, 2.45) is 10.7 Å². The average Bonchev–Trinajstić information content (AvgIpc) is 2.72. The SMILES string of the molecule is COc1ccc2c(c1)C1(CCC2)COC(N)=N1. The summed E-state index contributed by atoms with van der Waals surface area (Å²) >= 11 is 0. The zero-order valence-electron chi connectivity index (χ0n) is 9.90. The van der Waals surface area contributed by atoms with E-state index in [1.165, 1.54) is 11.1 Å². The fourth-order valence-corrected chi connectivity index (χ4v) is 2.77. The van der Waals surface area contributed by atoms with Gasteiger partial charge in [0.15, 0.2) is 0 Å². The number of aryl methyl sites for hydroxylation is 1. The summed E-state index contributed by atoms with van der Waals surface area (Å²) in [4.78, 5) is 4.51. The molecule has 0 bridgehead atoms. The molecule has 1 aromatic rings. The highest BCUT2D eigenvalue weighted by Gasteiger charge is 2.41. The van der Waals surface area contributed by atoms with Crippen LogP contribution in [0.25, 0.3) is 0 Å². The summed E-state index contributed by atoms with van der Waals surface area (Å²) in [6, 6.07) is 6.50. The van der Waals surface area contributed by atoms with Gasteiger partial charge in [-0.05, 0) is 42.5 Å². The smallest absolute Gasteiger partial charge is 0.283 e. The van der Waals surface area contributed by atoms with Gasteiger partial charge in [0, 0.05) is 0 Å². The molecule has 1 aliphatic heterocycles. The lowest BCUT2D eigenvalue weighted by Crippen LogP contribution is -2.30. The highest BCUT2D eigenvalue weighted by Crippen LogP contribution is 2.42. The molecular formula is C13H16N2O2. The van der Waals surface area contributed by atoms with E-state index in [1.54, 1.807) is 7.11 Å². The minimum atomic E-state index is -0.272. The fraction of sp³-hybridized carbons (Fsp3) is 0.462. The van der Waals surface area contributed by atoms with Crippen molar-refractivity contribution in [2.75, 3.05) is 13.7 Å². The van der Waals surface area contributed by atoms with Crippen molar-refractivity contribution in [3.8, 4) is 5.75 Å². The molecule has 0 aromatic heterocycles. The maximum Gasteiger partial charge on any atom is 0.283 e. The zero-order valence-corrected chi connectivity index (χ0v) is 9.90. The minimum absolute atomic E-state index is 0.272. The van der Waals surface area contributed by atoms with Gasteiger partial charge in [0.1, 0.15) is 17.9 Å². The van der Waals surface area contributed by atoms with E-state index in [4.69, 9.17) is 15.2 Å². The summed E-state index contributed by atoms with van der Waals surface area (Å²) < 4.78 is 10.7. The first-order valence-corrected chi connectivity index (χ1v) is 5.89. The third-order valence-electron chi connectivity index (χ3n) is 3.64. The van der Waals surface area contributed by atoms with Crippen LogP contribution < -0.4 is 10.5 Å². The molecule has 0 saturated carbocycles. The van der Waals surface area contributed by atoms with Gasteiger partial charge in [-0.15, -0.1) is 0 Å². The predicted octanol–water partition coefficient (Wildman–Crippen LogP) is 1.57. The number of rotatable bonds is 1. The predicted molar refractivity (Wildman–Crippen MR) is 65.2 cm³/mol. The zero-order chi connectivity index (χ0) is 11.9. The molecule has 0 radical (unpaired) electrons. The molecule has 0 saturated heterocycles. The Balaban J connectivity index is 2.12. The van der Waals surface area contributed by atoms with Crippen molar-refractivity contribution in [2.45, 2.75) is 24.8 Å². The molecule has 17 heavy (non-hydrogen) atoms. The standard InChI is InChI=1S/C13H16N2O2/c1-16-10-5-4-9-3-2-6-13(11(9)7-10)8-17-12(14)15-13/h4-5,7H,2-3,6,8H2,1H3,(H2,14,15). The number of aliphatic imine (C=N–C) groups is 1. The lowest BCUT2D eigenvalue weighted by Gasteiger charge is -2.31. The number of benzene rings is 1. The Kier molecular flexibility index (Phi) is 2.24. The molecule has 0 fully saturated rings. The van der Waals surface area contributed by atoms with E-state index < -0.39 is 0 Å². The molecule has 1 unspecified atom stereocenters. The maximum absolute atomic E-state index is 5.66. The quantitative estimate of drug-likeness (QED) is 0.799. The van der Waals surface area contributed by atoms with Crippen LogP contribution in [0.2, 0.25) is 0 Å².